The Hall–Kier alpha value is -1.59. The zero-order valence-corrected chi connectivity index (χ0v) is 14.4. The first-order chi connectivity index (χ1) is 11.0. The third-order valence-electron chi connectivity index (χ3n) is 3.74. The number of anilines is 1. The van der Waals surface area contributed by atoms with Crippen LogP contribution in [0.4, 0.5) is 5.69 Å². The molecule has 0 aromatic heterocycles. The van der Waals surface area contributed by atoms with Gasteiger partial charge in [-0.3, -0.25) is 9.59 Å². The molecule has 126 valence electrons. The van der Waals surface area contributed by atoms with E-state index >= 15 is 0 Å². The maximum atomic E-state index is 12.8. The number of rotatable bonds is 5. The van der Waals surface area contributed by atoms with Crippen LogP contribution >= 0.6 is 11.6 Å². The Morgan fingerprint density at radius 3 is 2.91 bits per heavy atom. The summed E-state index contributed by atoms with van der Waals surface area (Å²) in [6, 6.07) is 4.95. The molecule has 1 heterocycles. The van der Waals surface area contributed by atoms with E-state index in [0.29, 0.717) is 36.0 Å². The van der Waals surface area contributed by atoms with Gasteiger partial charge in [0.25, 0.3) is 5.91 Å². The van der Waals surface area contributed by atoms with Crippen molar-refractivity contribution in [3.8, 4) is 0 Å². The lowest BCUT2D eigenvalue weighted by Crippen LogP contribution is -2.43. The second-order valence-electron chi connectivity index (χ2n) is 5.76. The Morgan fingerprint density at radius 2 is 2.22 bits per heavy atom. The molecule has 2 amide bonds. The van der Waals surface area contributed by atoms with Crippen LogP contribution in [-0.4, -0.2) is 42.5 Å². The fourth-order valence-corrected chi connectivity index (χ4v) is 2.88. The van der Waals surface area contributed by atoms with Crippen LogP contribution in [0.15, 0.2) is 18.2 Å². The van der Waals surface area contributed by atoms with E-state index in [0.717, 1.165) is 19.3 Å². The summed E-state index contributed by atoms with van der Waals surface area (Å²) in [5.74, 6) is -0.302. The zero-order valence-electron chi connectivity index (χ0n) is 13.6. The molecular weight excluding hydrogens is 316 g/mol. The lowest BCUT2D eigenvalue weighted by atomic mass is 10.1. The quantitative estimate of drug-likeness (QED) is 0.895. The minimum atomic E-state index is -0.184. The van der Waals surface area contributed by atoms with E-state index < -0.39 is 0 Å². The highest BCUT2D eigenvalue weighted by Gasteiger charge is 2.26. The third-order valence-corrected chi connectivity index (χ3v) is 4.07. The number of benzene rings is 1. The molecule has 1 atom stereocenters. The van der Waals surface area contributed by atoms with Gasteiger partial charge in [0.2, 0.25) is 5.91 Å². The second-order valence-corrected chi connectivity index (χ2v) is 6.17. The summed E-state index contributed by atoms with van der Waals surface area (Å²) >= 11 is 6.18. The lowest BCUT2D eigenvalue weighted by molar-refractivity contribution is -0.114. The fraction of sp³-hybridized carbons (Fsp3) is 0.529. The number of nitrogens with zero attached hydrogens (tertiary/aromatic N) is 1. The molecule has 6 heteroatoms. The van der Waals surface area contributed by atoms with Crippen molar-refractivity contribution in [2.75, 3.05) is 25.0 Å². The SMILES string of the molecule is CCCOC1CCCN(C(=O)c2cc(NC(C)=O)ccc2Cl)C1. The molecule has 1 aromatic carbocycles. The largest absolute Gasteiger partial charge is 0.376 e. The molecule has 1 aliphatic heterocycles. The van der Waals surface area contributed by atoms with E-state index in [1.54, 1.807) is 23.1 Å². The van der Waals surface area contributed by atoms with Gasteiger partial charge in [-0.2, -0.15) is 0 Å². The molecule has 1 aliphatic rings. The van der Waals surface area contributed by atoms with Gasteiger partial charge in [0.15, 0.2) is 0 Å². The molecule has 5 nitrogen and oxygen atoms in total. The van der Waals surface area contributed by atoms with Crippen LogP contribution in [0.5, 0.6) is 0 Å². The number of likely N-dealkylation sites (tertiary alicyclic amines) is 1. The second kappa shape index (κ2) is 8.31. The van der Waals surface area contributed by atoms with Crippen LogP contribution in [-0.2, 0) is 9.53 Å². The molecule has 1 unspecified atom stereocenters. The molecule has 0 spiro atoms. The highest BCUT2D eigenvalue weighted by atomic mass is 35.5. The van der Waals surface area contributed by atoms with Gasteiger partial charge in [-0.25, -0.2) is 0 Å². The number of halogens is 1. The summed E-state index contributed by atoms with van der Waals surface area (Å²) in [5, 5.41) is 3.06. The molecule has 23 heavy (non-hydrogen) atoms. The van der Waals surface area contributed by atoms with Crippen molar-refractivity contribution < 1.29 is 14.3 Å². The molecule has 1 aromatic rings. The van der Waals surface area contributed by atoms with Crippen LogP contribution in [0.25, 0.3) is 0 Å². The predicted octanol–water partition coefficient (Wildman–Crippen LogP) is 3.33. The van der Waals surface area contributed by atoms with Gasteiger partial charge < -0.3 is 15.0 Å². The van der Waals surface area contributed by atoms with Gasteiger partial charge >= 0.3 is 0 Å². The summed E-state index contributed by atoms with van der Waals surface area (Å²) in [6.07, 6.45) is 2.95. The van der Waals surface area contributed by atoms with E-state index in [2.05, 4.69) is 12.2 Å². The number of carbonyl (C=O) groups excluding carboxylic acids is 2. The van der Waals surface area contributed by atoms with Crippen molar-refractivity contribution in [3.63, 3.8) is 0 Å². The van der Waals surface area contributed by atoms with Crippen molar-refractivity contribution in [1.82, 2.24) is 4.90 Å². The molecule has 0 aliphatic carbocycles. The topological polar surface area (TPSA) is 58.6 Å². The van der Waals surface area contributed by atoms with Crippen molar-refractivity contribution in [3.05, 3.63) is 28.8 Å². The van der Waals surface area contributed by atoms with Crippen molar-refractivity contribution in [1.29, 1.82) is 0 Å². The molecule has 1 saturated heterocycles. The van der Waals surface area contributed by atoms with Crippen molar-refractivity contribution in [2.24, 2.45) is 0 Å². The van der Waals surface area contributed by atoms with Gasteiger partial charge in [0.1, 0.15) is 0 Å². The van der Waals surface area contributed by atoms with Crippen LogP contribution < -0.4 is 5.32 Å². The van der Waals surface area contributed by atoms with Gasteiger partial charge in [-0.05, 0) is 37.5 Å². The first kappa shape index (κ1) is 17.8. The van der Waals surface area contributed by atoms with E-state index in [9.17, 15) is 9.59 Å². The summed E-state index contributed by atoms with van der Waals surface area (Å²) in [6.45, 7) is 5.49. The molecule has 0 radical (unpaired) electrons. The average molecular weight is 339 g/mol. The summed E-state index contributed by atoms with van der Waals surface area (Å²) < 4.78 is 5.77. The number of ether oxygens (including phenoxy) is 1. The fourth-order valence-electron chi connectivity index (χ4n) is 2.68. The number of nitrogens with one attached hydrogen (secondary N) is 1. The molecule has 0 bridgehead atoms. The standard InChI is InChI=1S/C17H23ClN2O3/c1-3-9-23-14-5-4-8-20(11-14)17(22)15-10-13(19-12(2)21)6-7-16(15)18/h6-7,10,14H,3-5,8-9,11H2,1-2H3,(H,19,21). The Bertz CT molecular complexity index is 577. The predicted molar refractivity (Wildman–Crippen MR) is 90.9 cm³/mol. The van der Waals surface area contributed by atoms with Gasteiger partial charge in [0, 0.05) is 32.3 Å². The Morgan fingerprint density at radius 1 is 1.43 bits per heavy atom. The lowest BCUT2D eigenvalue weighted by Gasteiger charge is -2.33. The number of amides is 2. The smallest absolute Gasteiger partial charge is 0.255 e. The molecule has 1 N–H and O–H groups in total. The summed E-state index contributed by atoms with van der Waals surface area (Å²) in [5.41, 5.74) is 0.982. The van der Waals surface area contributed by atoms with Crippen LogP contribution in [0.1, 0.15) is 43.5 Å². The maximum Gasteiger partial charge on any atom is 0.255 e. The monoisotopic (exact) mass is 338 g/mol. The molecule has 1 fully saturated rings. The van der Waals surface area contributed by atoms with Gasteiger partial charge in [0.05, 0.1) is 16.7 Å². The number of carbonyl (C=O) groups is 2. The van der Waals surface area contributed by atoms with E-state index in [-0.39, 0.29) is 17.9 Å². The Labute approximate surface area is 141 Å². The Balaban J connectivity index is 2.11. The molecular formula is C17H23ClN2O3. The van der Waals surface area contributed by atoms with Crippen molar-refractivity contribution in [2.45, 2.75) is 39.2 Å². The van der Waals surface area contributed by atoms with E-state index in [1.807, 2.05) is 0 Å². The molecule has 0 saturated carbocycles. The Kier molecular flexibility index (Phi) is 6.42. The average Bonchev–Trinajstić information content (AvgIpc) is 2.54. The van der Waals surface area contributed by atoms with E-state index in [4.69, 9.17) is 16.3 Å². The van der Waals surface area contributed by atoms with Gasteiger partial charge in [-0.15, -0.1) is 0 Å². The normalized spacial score (nSPS) is 17.9. The minimum Gasteiger partial charge on any atom is -0.376 e. The zero-order chi connectivity index (χ0) is 16.8. The summed E-state index contributed by atoms with van der Waals surface area (Å²) in [4.78, 5) is 25.7. The summed E-state index contributed by atoms with van der Waals surface area (Å²) in [7, 11) is 0. The highest BCUT2D eigenvalue weighted by molar-refractivity contribution is 6.34. The van der Waals surface area contributed by atoms with Crippen LogP contribution in [0.2, 0.25) is 5.02 Å². The first-order valence-corrected chi connectivity index (χ1v) is 8.37. The molecule has 2 rings (SSSR count). The number of piperidine rings is 1. The number of hydrogen-bond acceptors (Lipinski definition) is 3. The van der Waals surface area contributed by atoms with Gasteiger partial charge in [-0.1, -0.05) is 18.5 Å². The number of hydrogen-bond donors (Lipinski definition) is 1. The van der Waals surface area contributed by atoms with Crippen LogP contribution in [0.3, 0.4) is 0 Å². The highest BCUT2D eigenvalue weighted by Crippen LogP contribution is 2.24. The van der Waals surface area contributed by atoms with Crippen LogP contribution in [0, 0.1) is 0 Å². The maximum absolute atomic E-state index is 12.8. The van der Waals surface area contributed by atoms with Crippen molar-refractivity contribution >= 4 is 29.1 Å². The third kappa shape index (κ3) is 4.94. The first-order valence-electron chi connectivity index (χ1n) is 7.99. The van der Waals surface area contributed by atoms with E-state index in [1.165, 1.54) is 6.92 Å². The minimum absolute atomic E-state index is 0.0879.